The van der Waals surface area contributed by atoms with Crippen LogP contribution in [0.15, 0.2) is 36.9 Å². The lowest BCUT2D eigenvalue weighted by Gasteiger charge is -2.31. The fourth-order valence-electron chi connectivity index (χ4n) is 1.60. The Balaban J connectivity index is 3.13. The van der Waals surface area contributed by atoms with E-state index in [1.54, 1.807) is 0 Å². The largest absolute Gasteiger partial charge is 0.102 e. The van der Waals surface area contributed by atoms with Gasteiger partial charge < -0.3 is 0 Å². The Morgan fingerprint density at radius 3 is 2.07 bits per heavy atom. The molecule has 76 valence electrons. The molecular formula is C14H20. The lowest BCUT2D eigenvalue weighted by atomic mass is 9.73. The van der Waals surface area contributed by atoms with Crippen LogP contribution in [0.3, 0.4) is 0 Å². The van der Waals surface area contributed by atoms with Crippen molar-refractivity contribution in [2.24, 2.45) is 5.92 Å². The quantitative estimate of drug-likeness (QED) is 0.627. The first-order valence-corrected chi connectivity index (χ1v) is 5.21. The SMILES string of the molecule is C=C[C@@](C)(c1ccc(C)cc1)C(C)C. The maximum Gasteiger partial charge on any atom is 0.0124 e. The molecule has 0 aliphatic rings. The Morgan fingerprint density at radius 1 is 1.21 bits per heavy atom. The van der Waals surface area contributed by atoms with Gasteiger partial charge in [0.15, 0.2) is 0 Å². The van der Waals surface area contributed by atoms with Gasteiger partial charge in [0.05, 0.1) is 0 Å². The lowest BCUT2D eigenvalue weighted by Crippen LogP contribution is -2.25. The van der Waals surface area contributed by atoms with E-state index in [9.17, 15) is 0 Å². The zero-order chi connectivity index (χ0) is 10.8. The lowest BCUT2D eigenvalue weighted by molar-refractivity contribution is 0.421. The van der Waals surface area contributed by atoms with Crippen LogP contribution in [0.2, 0.25) is 0 Å². The summed E-state index contributed by atoms with van der Waals surface area (Å²) in [7, 11) is 0. The molecule has 1 rings (SSSR count). The summed E-state index contributed by atoms with van der Waals surface area (Å²) >= 11 is 0. The number of rotatable bonds is 3. The van der Waals surface area contributed by atoms with Gasteiger partial charge in [0.2, 0.25) is 0 Å². The zero-order valence-electron chi connectivity index (χ0n) is 9.67. The number of aryl methyl sites for hydroxylation is 1. The molecule has 0 aromatic heterocycles. The van der Waals surface area contributed by atoms with Crippen LogP contribution in [0.4, 0.5) is 0 Å². The van der Waals surface area contributed by atoms with E-state index in [0.29, 0.717) is 5.92 Å². The van der Waals surface area contributed by atoms with Crippen molar-refractivity contribution in [1.82, 2.24) is 0 Å². The normalized spacial score (nSPS) is 15.2. The smallest absolute Gasteiger partial charge is 0.0124 e. The van der Waals surface area contributed by atoms with E-state index < -0.39 is 0 Å². The predicted molar refractivity (Wildman–Crippen MR) is 63.6 cm³/mol. The minimum atomic E-state index is 0.0910. The molecule has 1 atom stereocenters. The van der Waals surface area contributed by atoms with Crippen molar-refractivity contribution < 1.29 is 0 Å². The summed E-state index contributed by atoms with van der Waals surface area (Å²) in [6.07, 6.45) is 2.06. The van der Waals surface area contributed by atoms with E-state index in [1.165, 1.54) is 11.1 Å². The zero-order valence-corrected chi connectivity index (χ0v) is 9.67. The molecule has 1 aromatic carbocycles. The van der Waals surface area contributed by atoms with Gasteiger partial charge in [-0.1, -0.05) is 56.7 Å². The predicted octanol–water partition coefficient (Wildman–Crippen LogP) is 4.09. The third-order valence-electron chi connectivity index (χ3n) is 3.30. The minimum absolute atomic E-state index is 0.0910. The van der Waals surface area contributed by atoms with E-state index in [4.69, 9.17) is 0 Å². The first-order valence-electron chi connectivity index (χ1n) is 5.21. The monoisotopic (exact) mass is 188 g/mol. The van der Waals surface area contributed by atoms with Crippen LogP contribution < -0.4 is 0 Å². The van der Waals surface area contributed by atoms with Crippen LogP contribution in [-0.2, 0) is 5.41 Å². The Morgan fingerprint density at radius 2 is 1.71 bits per heavy atom. The highest BCUT2D eigenvalue weighted by atomic mass is 14.3. The molecule has 0 saturated heterocycles. The van der Waals surface area contributed by atoms with Gasteiger partial charge in [0, 0.05) is 5.41 Å². The minimum Gasteiger partial charge on any atom is -0.102 e. The van der Waals surface area contributed by atoms with Crippen LogP contribution in [0, 0.1) is 12.8 Å². The molecule has 0 aliphatic heterocycles. The maximum atomic E-state index is 3.95. The molecule has 0 bridgehead atoms. The van der Waals surface area contributed by atoms with Gasteiger partial charge in [-0.05, 0) is 18.4 Å². The Kier molecular flexibility index (Phi) is 3.15. The Hall–Kier alpha value is -1.04. The molecule has 0 heterocycles. The Bertz CT molecular complexity index is 305. The van der Waals surface area contributed by atoms with Gasteiger partial charge in [0.25, 0.3) is 0 Å². The molecule has 0 aliphatic carbocycles. The summed E-state index contributed by atoms with van der Waals surface area (Å²) in [5.74, 6) is 0.572. The van der Waals surface area contributed by atoms with Gasteiger partial charge in [0.1, 0.15) is 0 Å². The van der Waals surface area contributed by atoms with E-state index >= 15 is 0 Å². The summed E-state index contributed by atoms with van der Waals surface area (Å²) in [6.45, 7) is 12.8. The van der Waals surface area contributed by atoms with Crippen molar-refractivity contribution in [2.75, 3.05) is 0 Å². The van der Waals surface area contributed by atoms with Crippen molar-refractivity contribution in [3.8, 4) is 0 Å². The van der Waals surface area contributed by atoms with Crippen molar-refractivity contribution in [3.63, 3.8) is 0 Å². The molecule has 14 heavy (non-hydrogen) atoms. The molecule has 0 unspecified atom stereocenters. The average molecular weight is 188 g/mol. The highest BCUT2D eigenvalue weighted by molar-refractivity contribution is 5.32. The molecule has 0 radical (unpaired) electrons. The summed E-state index contributed by atoms with van der Waals surface area (Å²) in [6, 6.07) is 8.74. The van der Waals surface area contributed by atoms with Gasteiger partial charge in [-0.2, -0.15) is 0 Å². The fourth-order valence-corrected chi connectivity index (χ4v) is 1.60. The molecule has 0 N–H and O–H groups in total. The number of benzene rings is 1. The van der Waals surface area contributed by atoms with Crippen molar-refractivity contribution in [2.45, 2.75) is 33.1 Å². The van der Waals surface area contributed by atoms with Gasteiger partial charge in [-0.15, -0.1) is 6.58 Å². The first-order chi connectivity index (χ1) is 6.50. The second-order valence-corrected chi connectivity index (χ2v) is 4.51. The molecule has 0 fully saturated rings. The summed E-state index contributed by atoms with van der Waals surface area (Å²) in [4.78, 5) is 0. The van der Waals surface area contributed by atoms with Crippen molar-refractivity contribution >= 4 is 0 Å². The van der Waals surface area contributed by atoms with Gasteiger partial charge in [-0.3, -0.25) is 0 Å². The standard InChI is InChI=1S/C14H20/c1-6-14(5,11(2)3)13-9-7-12(4)8-10-13/h6-11H,1H2,2-5H3/t14-/m1/s1. The first kappa shape index (κ1) is 11.0. The average Bonchev–Trinajstić information content (AvgIpc) is 2.17. The highest BCUT2D eigenvalue weighted by Gasteiger charge is 2.26. The second-order valence-electron chi connectivity index (χ2n) is 4.51. The summed E-state index contributed by atoms with van der Waals surface area (Å²) in [5.41, 5.74) is 2.75. The third-order valence-corrected chi connectivity index (χ3v) is 3.30. The van der Waals surface area contributed by atoms with E-state index in [0.717, 1.165) is 0 Å². The van der Waals surface area contributed by atoms with Crippen LogP contribution in [-0.4, -0.2) is 0 Å². The number of hydrogen-bond acceptors (Lipinski definition) is 0. The van der Waals surface area contributed by atoms with Crippen LogP contribution >= 0.6 is 0 Å². The van der Waals surface area contributed by atoms with Gasteiger partial charge >= 0.3 is 0 Å². The van der Waals surface area contributed by atoms with E-state index in [-0.39, 0.29) is 5.41 Å². The van der Waals surface area contributed by atoms with Crippen molar-refractivity contribution in [1.29, 1.82) is 0 Å². The Labute approximate surface area is 87.7 Å². The third kappa shape index (κ3) is 1.89. The maximum absolute atomic E-state index is 3.95. The fraction of sp³-hybridized carbons (Fsp3) is 0.429. The molecule has 0 spiro atoms. The van der Waals surface area contributed by atoms with Crippen LogP contribution in [0.1, 0.15) is 31.9 Å². The van der Waals surface area contributed by atoms with E-state index in [1.807, 2.05) is 0 Å². The molecule has 1 aromatic rings. The topological polar surface area (TPSA) is 0 Å². The van der Waals surface area contributed by atoms with E-state index in [2.05, 4.69) is 64.6 Å². The van der Waals surface area contributed by atoms with Crippen LogP contribution in [0.25, 0.3) is 0 Å². The number of hydrogen-bond donors (Lipinski definition) is 0. The van der Waals surface area contributed by atoms with Crippen molar-refractivity contribution in [3.05, 3.63) is 48.0 Å². The highest BCUT2D eigenvalue weighted by Crippen LogP contribution is 2.32. The molecule has 0 amide bonds. The summed E-state index contributed by atoms with van der Waals surface area (Å²) in [5, 5.41) is 0. The summed E-state index contributed by atoms with van der Waals surface area (Å²) < 4.78 is 0. The molecule has 0 saturated carbocycles. The second kappa shape index (κ2) is 4.00. The number of allylic oxidation sites excluding steroid dienone is 1. The van der Waals surface area contributed by atoms with Gasteiger partial charge in [-0.25, -0.2) is 0 Å². The molecule has 0 heteroatoms. The van der Waals surface area contributed by atoms with Crippen LogP contribution in [0.5, 0.6) is 0 Å². The molecular weight excluding hydrogens is 168 g/mol. The molecule has 0 nitrogen and oxygen atoms in total.